The Balaban J connectivity index is 2.23. The number of nitrogens with zero attached hydrogens (tertiary/aromatic N) is 1. The number of nitrogens with two attached hydrogens (primary N) is 1. The first-order valence-electron chi connectivity index (χ1n) is 3.52. The van der Waals surface area contributed by atoms with Gasteiger partial charge >= 0.3 is 0 Å². The lowest BCUT2D eigenvalue weighted by molar-refractivity contribution is 0.290. The molecular formula is C6H15N2P. The Morgan fingerprint density at radius 1 is 1.67 bits per heavy atom. The molecule has 2 unspecified atom stereocenters. The van der Waals surface area contributed by atoms with Crippen LogP contribution in [0.5, 0.6) is 0 Å². The number of hydrogen-bond donors (Lipinski definition) is 1. The molecule has 1 heterocycles. The Kier molecular flexibility index (Phi) is 2.90. The van der Waals surface area contributed by atoms with E-state index in [9.17, 15) is 0 Å². The zero-order valence-corrected chi connectivity index (χ0v) is 6.87. The lowest BCUT2D eigenvalue weighted by Gasteiger charge is -2.28. The molecule has 54 valence electrons. The van der Waals surface area contributed by atoms with Gasteiger partial charge in [0, 0.05) is 13.1 Å². The van der Waals surface area contributed by atoms with Gasteiger partial charge < -0.3 is 5.73 Å². The SMILES string of the molecule is NCC1CCCN(P)C1. The summed E-state index contributed by atoms with van der Waals surface area (Å²) in [5.41, 5.74) is 5.53. The quantitative estimate of drug-likeness (QED) is 0.544. The van der Waals surface area contributed by atoms with Crippen molar-refractivity contribution in [3.63, 3.8) is 0 Å². The van der Waals surface area contributed by atoms with E-state index in [0.29, 0.717) is 0 Å². The molecule has 0 radical (unpaired) electrons. The smallest absolute Gasteiger partial charge is 0.00566 e. The summed E-state index contributed by atoms with van der Waals surface area (Å²) in [5.74, 6) is 0.747. The maximum absolute atomic E-state index is 5.53. The van der Waals surface area contributed by atoms with Crippen molar-refractivity contribution in [1.29, 1.82) is 0 Å². The van der Waals surface area contributed by atoms with Crippen molar-refractivity contribution in [3.05, 3.63) is 0 Å². The first kappa shape index (κ1) is 7.46. The average molecular weight is 146 g/mol. The molecule has 1 aliphatic heterocycles. The van der Waals surface area contributed by atoms with Crippen LogP contribution in [0, 0.1) is 5.92 Å². The van der Waals surface area contributed by atoms with Gasteiger partial charge in [-0.15, -0.1) is 0 Å². The highest BCUT2D eigenvalue weighted by Gasteiger charge is 2.14. The molecule has 0 saturated carbocycles. The number of hydrogen-bond acceptors (Lipinski definition) is 2. The summed E-state index contributed by atoms with van der Waals surface area (Å²) in [6, 6.07) is 0. The van der Waals surface area contributed by atoms with Crippen LogP contribution in [-0.4, -0.2) is 24.3 Å². The first-order valence-corrected chi connectivity index (χ1v) is 4.04. The second-order valence-corrected chi connectivity index (χ2v) is 3.47. The molecule has 2 N–H and O–H groups in total. The molecule has 0 aromatic rings. The lowest BCUT2D eigenvalue weighted by Crippen LogP contribution is -2.32. The average Bonchev–Trinajstić information content (AvgIpc) is 1.88. The predicted octanol–water partition coefficient (Wildman–Crippen LogP) is 0.447. The van der Waals surface area contributed by atoms with Crippen molar-refractivity contribution in [2.45, 2.75) is 12.8 Å². The van der Waals surface area contributed by atoms with Gasteiger partial charge in [0.15, 0.2) is 0 Å². The van der Waals surface area contributed by atoms with Crippen LogP contribution >= 0.6 is 9.39 Å². The molecule has 0 spiro atoms. The summed E-state index contributed by atoms with van der Waals surface area (Å²) in [5, 5.41) is 0. The highest BCUT2D eigenvalue weighted by molar-refractivity contribution is 7.13. The summed E-state index contributed by atoms with van der Waals surface area (Å²) < 4.78 is 2.28. The van der Waals surface area contributed by atoms with Gasteiger partial charge in [-0.25, -0.2) is 0 Å². The first-order chi connectivity index (χ1) is 4.33. The van der Waals surface area contributed by atoms with E-state index in [1.807, 2.05) is 0 Å². The molecule has 1 aliphatic rings. The highest BCUT2D eigenvalue weighted by atomic mass is 31.0. The number of rotatable bonds is 1. The maximum atomic E-state index is 5.53. The summed E-state index contributed by atoms with van der Waals surface area (Å²) in [4.78, 5) is 0. The maximum Gasteiger partial charge on any atom is 0.00566 e. The molecule has 3 heteroatoms. The predicted molar refractivity (Wildman–Crippen MR) is 43.1 cm³/mol. The lowest BCUT2D eigenvalue weighted by atomic mass is 10.0. The summed E-state index contributed by atoms with van der Waals surface area (Å²) >= 11 is 0. The Bertz CT molecular complexity index is 87.1. The minimum Gasteiger partial charge on any atom is -0.330 e. The minimum absolute atomic E-state index is 0.747. The molecule has 0 aliphatic carbocycles. The van der Waals surface area contributed by atoms with Crippen LogP contribution in [-0.2, 0) is 0 Å². The molecule has 1 saturated heterocycles. The number of piperidine rings is 1. The second kappa shape index (κ2) is 3.50. The fourth-order valence-corrected chi connectivity index (χ4v) is 1.77. The van der Waals surface area contributed by atoms with Gasteiger partial charge in [0.2, 0.25) is 0 Å². The van der Waals surface area contributed by atoms with E-state index in [4.69, 9.17) is 5.73 Å². The third-order valence-corrected chi connectivity index (χ3v) is 2.35. The molecule has 1 fully saturated rings. The van der Waals surface area contributed by atoms with E-state index in [-0.39, 0.29) is 0 Å². The minimum atomic E-state index is 0.747. The molecule has 2 atom stereocenters. The monoisotopic (exact) mass is 146 g/mol. The zero-order chi connectivity index (χ0) is 6.69. The van der Waals surface area contributed by atoms with E-state index in [1.165, 1.54) is 25.9 Å². The van der Waals surface area contributed by atoms with Gasteiger partial charge in [-0.05, 0) is 25.3 Å². The van der Waals surface area contributed by atoms with E-state index in [0.717, 1.165) is 12.5 Å². The molecule has 0 bridgehead atoms. The third-order valence-electron chi connectivity index (χ3n) is 1.88. The Labute approximate surface area is 59.0 Å². The molecule has 0 amide bonds. The van der Waals surface area contributed by atoms with Gasteiger partial charge in [-0.2, -0.15) is 0 Å². The molecule has 1 rings (SSSR count). The molecule has 0 aromatic carbocycles. The molecule has 9 heavy (non-hydrogen) atoms. The summed E-state index contributed by atoms with van der Waals surface area (Å²) in [7, 11) is 2.74. The van der Waals surface area contributed by atoms with Crippen molar-refractivity contribution in [3.8, 4) is 0 Å². The topological polar surface area (TPSA) is 29.3 Å². The third kappa shape index (κ3) is 2.21. The van der Waals surface area contributed by atoms with Crippen LogP contribution in [0.3, 0.4) is 0 Å². The molecular weight excluding hydrogens is 131 g/mol. The van der Waals surface area contributed by atoms with Crippen molar-refractivity contribution in [2.75, 3.05) is 19.6 Å². The van der Waals surface area contributed by atoms with Crippen molar-refractivity contribution >= 4 is 9.39 Å². The van der Waals surface area contributed by atoms with Crippen LogP contribution in [0.4, 0.5) is 0 Å². The van der Waals surface area contributed by atoms with Crippen molar-refractivity contribution in [2.24, 2.45) is 11.7 Å². The van der Waals surface area contributed by atoms with E-state index >= 15 is 0 Å². The van der Waals surface area contributed by atoms with Crippen LogP contribution in [0.2, 0.25) is 0 Å². The van der Waals surface area contributed by atoms with Gasteiger partial charge in [-0.3, -0.25) is 4.67 Å². The highest BCUT2D eigenvalue weighted by Crippen LogP contribution is 2.17. The van der Waals surface area contributed by atoms with Crippen molar-refractivity contribution < 1.29 is 0 Å². The fourth-order valence-electron chi connectivity index (χ4n) is 1.29. The zero-order valence-electron chi connectivity index (χ0n) is 5.71. The van der Waals surface area contributed by atoms with E-state index in [2.05, 4.69) is 14.1 Å². The Hall–Kier alpha value is 0.350. The Morgan fingerprint density at radius 2 is 2.44 bits per heavy atom. The van der Waals surface area contributed by atoms with Crippen LogP contribution < -0.4 is 5.73 Å². The second-order valence-electron chi connectivity index (χ2n) is 2.74. The Morgan fingerprint density at radius 3 is 2.89 bits per heavy atom. The normalized spacial score (nSPS) is 30.7. The molecule has 2 nitrogen and oxygen atoms in total. The fraction of sp³-hybridized carbons (Fsp3) is 1.00. The largest absolute Gasteiger partial charge is 0.330 e. The van der Waals surface area contributed by atoms with Gasteiger partial charge in [0.1, 0.15) is 0 Å². The van der Waals surface area contributed by atoms with Crippen LogP contribution in [0.15, 0.2) is 0 Å². The van der Waals surface area contributed by atoms with Crippen molar-refractivity contribution in [1.82, 2.24) is 4.67 Å². The van der Waals surface area contributed by atoms with E-state index in [1.54, 1.807) is 0 Å². The van der Waals surface area contributed by atoms with Gasteiger partial charge in [0.05, 0.1) is 0 Å². The van der Waals surface area contributed by atoms with E-state index < -0.39 is 0 Å². The standard InChI is InChI=1S/C6H15N2P/c7-4-6-2-1-3-8(9)5-6/h6H,1-5,7,9H2. The molecule has 0 aromatic heterocycles. The van der Waals surface area contributed by atoms with Crippen LogP contribution in [0.25, 0.3) is 0 Å². The summed E-state index contributed by atoms with van der Waals surface area (Å²) in [6.07, 6.45) is 2.63. The van der Waals surface area contributed by atoms with Gasteiger partial charge in [0.25, 0.3) is 0 Å². The van der Waals surface area contributed by atoms with Crippen LogP contribution in [0.1, 0.15) is 12.8 Å². The van der Waals surface area contributed by atoms with Gasteiger partial charge in [-0.1, -0.05) is 9.39 Å². The summed E-state index contributed by atoms with van der Waals surface area (Å²) in [6.45, 7) is 3.24.